The van der Waals surface area contributed by atoms with E-state index in [1.807, 2.05) is 6.07 Å². The fourth-order valence-electron chi connectivity index (χ4n) is 4.52. The maximum atomic E-state index is 13.1. The van der Waals surface area contributed by atoms with E-state index in [0.29, 0.717) is 29.7 Å². The Morgan fingerprint density at radius 2 is 1.96 bits per heavy atom. The van der Waals surface area contributed by atoms with Crippen LogP contribution >= 0.6 is 23.2 Å². The first-order chi connectivity index (χ1) is 12.6. The van der Waals surface area contributed by atoms with Gasteiger partial charge in [0.25, 0.3) is 0 Å². The number of hydrogen-bond acceptors (Lipinski definition) is 4. The summed E-state index contributed by atoms with van der Waals surface area (Å²) in [5, 5.41) is 4.57. The number of ether oxygens (including phenoxy) is 1. The van der Waals surface area contributed by atoms with Gasteiger partial charge < -0.3 is 15.0 Å². The van der Waals surface area contributed by atoms with Gasteiger partial charge in [-0.05, 0) is 43.6 Å². The van der Waals surface area contributed by atoms with E-state index in [4.69, 9.17) is 27.9 Å². The van der Waals surface area contributed by atoms with Gasteiger partial charge in [0.2, 0.25) is 5.91 Å². The lowest BCUT2D eigenvalue weighted by atomic mass is 9.92. The molecular formula is C19H25Cl2N3O2. The van der Waals surface area contributed by atoms with Crippen molar-refractivity contribution >= 4 is 29.1 Å². The van der Waals surface area contributed by atoms with Crippen LogP contribution in [0.2, 0.25) is 10.0 Å². The molecule has 1 aromatic carbocycles. The van der Waals surface area contributed by atoms with Crippen molar-refractivity contribution in [2.24, 2.45) is 0 Å². The average molecular weight is 398 g/mol. The van der Waals surface area contributed by atoms with Gasteiger partial charge >= 0.3 is 0 Å². The molecule has 3 fully saturated rings. The van der Waals surface area contributed by atoms with Crippen LogP contribution in [0.15, 0.2) is 18.2 Å². The summed E-state index contributed by atoms with van der Waals surface area (Å²) in [5.74, 6) is 0.158. The Bertz CT molecular complexity index is 664. The van der Waals surface area contributed by atoms with E-state index in [0.717, 1.165) is 31.7 Å². The van der Waals surface area contributed by atoms with Gasteiger partial charge in [0.1, 0.15) is 0 Å². The van der Waals surface area contributed by atoms with Gasteiger partial charge in [-0.25, -0.2) is 0 Å². The van der Waals surface area contributed by atoms with E-state index in [9.17, 15) is 4.79 Å². The molecule has 0 aliphatic carbocycles. The van der Waals surface area contributed by atoms with E-state index < -0.39 is 0 Å². The molecule has 7 heteroatoms. The number of benzene rings is 1. The van der Waals surface area contributed by atoms with Gasteiger partial charge in [0.15, 0.2) is 0 Å². The standard InChI is InChI=1S/C19H25Cl2N3O2/c20-14-4-3-13(9-15(14)21)10-18(25)24-8-5-22-16-11-26-12-17(19(16)24)23-6-1-2-7-23/h3-4,9,16-17,19,22H,1-2,5-8,10-12H2. The second-order valence-electron chi connectivity index (χ2n) is 7.41. The van der Waals surface area contributed by atoms with Crippen LogP contribution in [0.25, 0.3) is 0 Å². The van der Waals surface area contributed by atoms with Gasteiger partial charge in [-0.15, -0.1) is 0 Å². The van der Waals surface area contributed by atoms with Gasteiger partial charge in [-0.3, -0.25) is 9.69 Å². The predicted octanol–water partition coefficient (Wildman–Crippen LogP) is 2.20. The molecule has 0 saturated carbocycles. The Hall–Kier alpha value is -0.850. The summed E-state index contributed by atoms with van der Waals surface area (Å²) in [6, 6.07) is 6.10. The number of fused-ring (bicyclic) bond motifs is 1. The third kappa shape index (κ3) is 3.73. The summed E-state index contributed by atoms with van der Waals surface area (Å²) < 4.78 is 5.87. The molecule has 3 heterocycles. The van der Waals surface area contributed by atoms with Crippen molar-refractivity contribution in [3.8, 4) is 0 Å². The second kappa shape index (κ2) is 8.03. The highest BCUT2D eigenvalue weighted by Crippen LogP contribution is 2.27. The molecule has 4 rings (SSSR count). The highest BCUT2D eigenvalue weighted by molar-refractivity contribution is 6.42. The first-order valence-corrected chi connectivity index (χ1v) is 10.2. The number of rotatable bonds is 3. The van der Waals surface area contributed by atoms with Crippen LogP contribution in [0.5, 0.6) is 0 Å². The first kappa shape index (κ1) is 18.5. The van der Waals surface area contributed by atoms with Gasteiger partial charge in [0, 0.05) is 13.1 Å². The van der Waals surface area contributed by atoms with Crippen molar-refractivity contribution in [1.29, 1.82) is 0 Å². The highest BCUT2D eigenvalue weighted by atomic mass is 35.5. The fraction of sp³-hybridized carbons (Fsp3) is 0.632. The summed E-state index contributed by atoms with van der Waals surface area (Å²) in [6.45, 7) is 5.14. The van der Waals surface area contributed by atoms with Gasteiger partial charge in [-0.2, -0.15) is 0 Å². The molecule has 0 bridgehead atoms. The third-order valence-electron chi connectivity index (χ3n) is 5.78. The zero-order valence-electron chi connectivity index (χ0n) is 14.8. The molecular weight excluding hydrogens is 373 g/mol. The summed E-state index contributed by atoms with van der Waals surface area (Å²) in [6.07, 6.45) is 2.82. The zero-order chi connectivity index (χ0) is 18.1. The van der Waals surface area contributed by atoms with Crippen LogP contribution in [0.1, 0.15) is 18.4 Å². The molecule has 5 nitrogen and oxygen atoms in total. The molecule has 26 heavy (non-hydrogen) atoms. The Balaban J connectivity index is 1.52. The van der Waals surface area contributed by atoms with E-state index >= 15 is 0 Å². The maximum absolute atomic E-state index is 13.1. The minimum absolute atomic E-state index is 0.158. The Morgan fingerprint density at radius 3 is 2.73 bits per heavy atom. The molecule has 3 aliphatic rings. The van der Waals surface area contributed by atoms with Crippen LogP contribution in [0.3, 0.4) is 0 Å². The van der Waals surface area contributed by atoms with Crippen LogP contribution in [-0.2, 0) is 16.0 Å². The molecule has 1 N–H and O–H groups in total. The largest absolute Gasteiger partial charge is 0.378 e. The summed E-state index contributed by atoms with van der Waals surface area (Å²) in [7, 11) is 0. The first-order valence-electron chi connectivity index (χ1n) is 9.42. The van der Waals surface area contributed by atoms with Gasteiger partial charge in [-0.1, -0.05) is 29.3 Å². The maximum Gasteiger partial charge on any atom is 0.227 e. The van der Waals surface area contributed by atoms with Crippen LogP contribution < -0.4 is 5.32 Å². The molecule has 1 amide bonds. The Labute approximate surface area is 164 Å². The minimum atomic E-state index is 0.158. The van der Waals surface area contributed by atoms with Crippen molar-refractivity contribution in [2.45, 2.75) is 37.4 Å². The van der Waals surface area contributed by atoms with Crippen LogP contribution in [-0.4, -0.2) is 73.2 Å². The van der Waals surface area contributed by atoms with E-state index in [2.05, 4.69) is 15.1 Å². The Kier molecular flexibility index (Phi) is 5.72. The molecule has 3 unspecified atom stereocenters. The number of amides is 1. The molecule has 0 radical (unpaired) electrons. The molecule has 1 aromatic rings. The Morgan fingerprint density at radius 1 is 1.15 bits per heavy atom. The zero-order valence-corrected chi connectivity index (χ0v) is 16.3. The average Bonchev–Trinajstić information content (AvgIpc) is 3.18. The van der Waals surface area contributed by atoms with E-state index in [1.165, 1.54) is 12.8 Å². The monoisotopic (exact) mass is 397 g/mol. The summed E-state index contributed by atoms with van der Waals surface area (Å²) >= 11 is 12.1. The van der Waals surface area contributed by atoms with Crippen LogP contribution in [0, 0.1) is 0 Å². The van der Waals surface area contributed by atoms with Crippen molar-refractivity contribution < 1.29 is 9.53 Å². The van der Waals surface area contributed by atoms with Crippen molar-refractivity contribution in [3.05, 3.63) is 33.8 Å². The second-order valence-corrected chi connectivity index (χ2v) is 8.23. The third-order valence-corrected chi connectivity index (χ3v) is 6.52. The highest BCUT2D eigenvalue weighted by Gasteiger charge is 2.44. The SMILES string of the molecule is O=C(Cc1ccc(Cl)c(Cl)c1)N1CCNC2COCC(N3CCCC3)C21. The van der Waals surface area contributed by atoms with Gasteiger partial charge in [0.05, 0.1) is 47.8 Å². The molecule has 142 valence electrons. The lowest BCUT2D eigenvalue weighted by Gasteiger charge is -2.50. The summed E-state index contributed by atoms with van der Waals surface area (Å²) in [4.78, 5) is 17.7. The molecule has 3 aliphatic heterocycles. The molecule has 0 spiro atoms. The van der Waals surface area contributed by atoms with Crippen molar-refractivity contribution in [1.82, 2.24) is 15.1 Å². The molecule has 3 atom stereocenters. The number of piperazine rings is 1. The van der Waals surface area contributed by atoms with E-state index in [-0.39, 0.29) is 24.0 Å². The lowest BCUT2D eigenvalue weighted by Crippen LogP contribution is -2.70. The number of likely N-dealkylation sites (tertiary alicyclic amines) is 1. The quantitative estimate of drug-likeness (QED) is 0.848. The number of hydrogen-bond donors (Lipinski definition) is 1. The number of nitrogens with one attached hydrogen (secondary N) is 1. The van der Waals surface area contributed by atoms with Crippen LogP contribution in [0.4, 0.5) is 0 Å². The minimum Gasteiger partial charge on any atom is -0.378 e. The molecule has 0 aromatic heterocycles. The number of nitrogens with zero attached hydrogens (tertiary/aromatic N) is 2. The predicted molar refractivity (Wildman–Crippen MR) is 103 cm³/mol. The number of halogens is 2. The fourth-order valence-corrected chi connectivity index (χ4v) is 4.84. The summed E-state index contributed by atoms with van der Waals surface area (Å²) in [5.41, 5.74) is 0.907. The van der Waals surface area contributed by atoms with E-state index in [1.54, 1.807) is 12.1 Å². The lowest BCUT2D eigenvalue weighted by molar-refractivity contribution is -0.142. The number of carbonyl (C=O) groups is 1. The van der Waals surface area contributed by atoms with Crippen molar-refractivity contribution in [3.63, 3.8) is 0 Å². The molecule has 3 saturated heterocycles. The van der Waals surface area contributed by atoms with Crippen molar-refractivity contribution in [2.75, 3.05) is 39.4 Å². The number of carbonyl (C=O) groups excluding carboxylic acids is 1. The smallest absolute Gasteiger partial charge is 0.227 e. The topological polar surface area (TPSA) is 44.8 Å². The normalized spacial score (nSPS) is 29.6.